The van der Waals surface area contributed by atoms with Gasteiger partial charge < -0.3 is 5.73 Å². The lowest BCUT2D eigenvalue weighted by Gasteiger charge is -2.02. The molecule has 0 aliphatic carbocycles. The number of carbonyl (C=O) groups is 1. The van der Waals surface area contributed by atoms with E-state index in [1.165, 1.54) is 18.2 Å². The fourth-order valence-electron chi connectivity index (χ4n) is 1.14. The second-order valence-electron chi connectivity index (χ2n) is 2.86. The molecule has 1 rings (SSSR count). The van der Waals surface area contributed by atoms with Gasteiger partial charge in [-0.15, -0.1) is 0 Å². The van der Waals surface area contributed by atoms with Crippen molar-refractivity contribution < 1.29 is 9.72 Å². The fourth-order valence-corrected chi connectivity index (χ4v) is 1.77. The number of rotatable bonds is 4. The quantitative estimate of drug-likeness (QED) is 0.515. The molecule has 15 heavy (non-hydrogen) atoms. The van der Waals surface area contributed by atoms with Gasteiger partial charge in [0.1, 0.15) is 4.47 Å². The Morgan fingerprint density at radius 1 is 1.53 bits per heavy atom. The first kappa shape index (κ1) is 11.8. The van der Waals surface area contributed by atoms with Crippen LogP contribution in [0.15, 0.2) is 22.7 Å². The molecule has 0 saturated carbocycles. The summed E-state index contributed by atoms with van der Waals surface area (Å²) in [5.74, 6) is -0.201. The summed E-state index contributed by atoms with van der Waals surface area (Å²) in [5.41, 5.74) is 5.43. The van der Waals surface area contributed by atoms with Gasteiger partial charge in [-0.1, -0.05) is 6.07 Å². The molecular weight excluding hydrogens is 264 g/mol. The monoisotopic (exact) mass is 272 g/mol. The topological polar surface area (TPSA) is 86.2 Å². The van der Waals surface area contributed by atoms with Crippen LogP contribution in [0.3, 0.4) is 0 Å². The van der Waals surface area contributed by atoms with Crippen molar-refractivity contribution in [2.24, 2.45) is 5.73 Å². The SMILES string of the molecule is NCCC(=O)c1cccc([N+](=O)[O-])c1Br. The number of Topliss-reactive ketones (excluding diaryl/α,β-unsaturated/α-hetero) is 1. The lowest BCUT2D eigenvalue weighted by atomic mass is 10.1. The Balaban J connectivity index is 3.15. The lowest BCUT2D eigenvalue weighted by Crippen LogP contribution is -2.09. The van der Waals surface area contributed by atoms with E-state index in [2.05, 4.69) is 15.9 Å². The molecule has 0 fully saturated rings. The minimum absolute atomic E-state index is 0.113. The van der Waals surface area contributed by atoms with Crippen molar-refractivity contribution in [1.82, 2.24) is 0 Å². The maximum absolute atomic E-state index is 11.5. The second-order valence-corrected chi connectivity index (χ2v) is 3.65. The van der Waals surface area contributed by atoms with Gasteiger partial charge in [0.25, 0.3) is 5.69 Å². The van der Waals surface area contributed by atoms with Gasteiger partial charge in [0.2, 0.25) is 0 Å². The molecule has 0 heterocycles. The molecular formula is C9H9BrN2O3. The summed E-state index contributed by atoms with van der Waals surface area (Å²) < 4.78 is 0.216. The number of nitro groups is 1. The van der Waals surface area contributed by atoms with Gasteiger partial charge in [-0.05, 0) is 28.5 Å². The van der Waals surface area contributed by atoms with Crippen LogP contribution in [0.25, 0.3) is 0 Å². The highest BCUT2D eigenvalue weighted by Crippen LogP contribution is 2.28. The second kappa shape index (κ2) is 4.99. The van der Waals surface area contributed by atoms with Gasteiger partial charge in [-0.25, -0.2) is 0 Å². The van der Waals surface area contributed by atoms with Crippen molar-refractivity contribution >= 4 is 27.4 Å². The van der Waals surface area contributed by atoms with Gasteiger partial charge in [0, 0.05) is 18.1 Å². The van der Waals surface area contributed by atoms with E-state index in [1.807, 2.05) is 0 Å². The molecule has 1 aromatic carbocycles. The molecule has 0 spiro atoms. The smallest absolute Gasteiger partial charge is 0.284 e. The highest BCUT2D eigenvalue weighted by Gasteiger charge is 2.18. The molecule has 80 valence electrons. The number of ketones is 1. The normalized spacial score (nSPS) is 10.0. The van der Waals surface area contributed by atoms with E-state index in [1.54, 1.807) is 0 Å². The van der Waals surface area contributed by atoms with Crippen molar-refractivity contribution in [3.63, 3.8) is 0 Å². The van der Waals surface area contributed by atoms with Crippen LogP contribution in [0.4, 0.5) is 5.69 Å². The molecule has 0 amide bonds. The van der Waals surface area contributed by atoms with E-state index in [0.29, 0.717) is 5.56 Å². The maximum Gasteiger partial charge on any atom is 0.284 e. The molecule has 0 unspecified atom stereocenters. The highest BCUT2D eigenvalue weighted by molar-refractivity contribution is 9.10. The summed E-state index contributed by atoms with van der Waals surface area (Å²) in [6.45, 7) is 0.230. The van der Waals surface area contributed by atoms with Crippen LogP contribution >= 0.6 is 15.9 Å². The van der Waals surface area contributed by atoms with E-state index in [9.17, 15) is 14.9 Å². The predicted molar refractivity (Wildman–Crippen MR) is 58.8 cm³/mol. The van der Waals surface area contributed by atoms with Crippen LogP contribution in [-0.2, 0) is 0 Å². The van der Waals surface area contributed by atoms with Gasteiger partial charge >= 0.3 is 0 Å². The fraction of sp³-hybridized carbons (Fsp3) is 0.222. The third-order valence-corrected chi connectivity index (χ3v) is 2.68. The van der Waals surface area contributed by atoms with Crippen molar-refractivity contribution in [2.75, 3.05) is 6.54 Å². The molecule has 0 radical (unpaired) electrons. The number of nitrogens with zero attached hydrogens (tertiary/aromatic N) is 1. The van der Waals surface area contributed by atoms with Crippen molar-refractivity contribution in [3.8, 4) is 0 Å². The average Bonchev–Trinajstić information content (AvgIpc) is 2.17. The average molecular weight is 273 g/mol. The Labute approximate surface area is 94.5 Å². The molecule has 0 saturated heterocycles. The number of nitrogens with two attached hydrogens (primary N) is 1. The molecule has 5 nitrogen and oxygen atoms in total. The van der Waals surface area contributed by atoms with E-state index < -0.39 is 4.92 Å². The third kappa shape index (κ3) is 2.60. The lowest BCUT2D eigenvalue weighted by molar-refractivity contribution is -0.385. The molecule has 0 aliphatic heterocycles. The first-order valence-corrected chi connectivity index (χ1v) is 5.03. The van der Waals surface area contributed by atoms with E-state index >= 15 is 0 Å². The van der Waals surface area contributed by atoms with Crippen LogP contribution < -0.4 is 5.73 Å². The zero-order valence-corrected chi connectivity index (χ0v) is 9.36. The summed E-state index contributed by atoms with van der Waals surface area (Å²) in [7, 11) is 0. The minimum atomic E-state index is -0.538. The number of benzene rings is 1. The van der Waals surface area contributed by atoms with Crippen LogP contribution in [0.1, 0.15) is 16.8 Å². The number of hydrogen-bond donors (Lipinski definition) is 1. The van der Waals surface area contributed by atoms with Crippen LogP contribution in [0.5, 0.6) is 0 Å². The van der Waals surface area contributed by atoms with Crippen LogP contribution in [0.2, 0.25) is 0 Å². The Morgan fingerprint density at radius 3 is 2.73 bits per heavy atom. The van der Waals surface area contributed by atoms with Crippen molar-refractivity contribution in [2.45, 2.75) is 6.42 Å². The molecule has 0 aliphatic rings. The molecule has 6 heteroatoms. The van der Waals surface area contributed by atoms with Crippen molar-refractivity contribution in [3.05, 3.63) is 38.3 Å². The van der Waals surface area contributed by atoms with Crippen LogP contribution in [-0.4, -0.2) is 17.3 Å². The number of halogens is 1. The number of carbonyl (C=O) groups excluding carboxylic acids is 1. The largest absolute Gasteiger partial charge is 0.330 e. The molecule has 1 aromatic rings. The molecule has 0 aromatic heterocycles. The first-order chi connectivity index (χ1) is 7.07. The minimum Gasteiger partial charge on any atom is -0.330 e. The standard InChI is InChI=1S/C9H9BrN2O3/c10-9-6(8(13)4-5-11)2-1-3-7(9)12(14)15/h1-3H,4-5,11H2. The van der Waals surface area contributed by atoms with E-state index in [0.717, 1.165) is 0 Å². The molecule has 0 bridgehead atoms. The zero-order valence-electron chi connectivity index (χ0n) is 7.77. The Bertz CT molecular complexity index is 406. The summed E-state index contributed by atoms with van der Waals surface area (Å²) in [6.07, 6.45) is 0.180. The van der Waals surface area contributed by atoms with Gasteiger partial charge in [-0.2, -0.15) is 0 Å². The summed E-state index contributed by atoms with van der Waals surface area (Å²) >= 11 is 3.05. The molecule has 0 atom stereocenters. The Kier molecular flexibility index (Phi) is 3.93. The summed E-state index contributed by atoms with van der Waals surface area (Å²) in [6, 6.07) is 4.35. The first-order valence-electron chi connectivity index (χ1n) is 4.24. The maximum atomic E-state index is 11.5. The molecule has 2 N–H and O–H groups in total. The summed E-state index contributed by atoms with van der Waals surface area (Å²) in [4.78, 5) is 21.6. The van der Waals surface area contributed by atoms with Gasteiger partial charge in [-0.3, -0.25) is 14.9 Å². The highest BCUT2D eigenvalue weighted by atomic mass is 79.9. The van der Waals surface area contributed by atoms with Crippen LogP contribution in [0, 0.1) is 10.1 Å². The van der Waals surface area contributed by atoms with Crippen molar-refractivity contribution in [1.29, 1.82) is 0 Å². The number of nitro benzene ring substituents is 1. The Morgan fingerprint density at radius 2 is 2.20 bits per heavy atom. The number of hydrogen-bond acceptors (Lipinski definition) is 4. The summed E-state index contributed by atoms with van der Waals surface area (Å²) in [5, 5.41) is 10.6. The Hall–Kier alpha value is -1.27. The van der Waals surface area contributed by atoms with E-state index in [-0.39, 0.29) is 28.9 Å². The van der Waals surface area contributed by atoms with Gasteiger partial charge in [0.15, 0.2) is 5.78 Å². The van der Waals surface area contributed by atoms with E-state index in [4.69, 9.17) is 5.73 Å². The predicted octanol–water partition coefficient (Wildman–Crippen LogP) is 1.89. The third-order valence-electron chi connectivity index (χ3n) is 1.85. The van der Waals surface area contributed by atoms with Gasteiger partial charge in [0.05, 0.1) is 4.92 Å². The zero-order chi connectivity index (χ0) is 11.4.